The van der Waals surface area contributed by atoms with E-state index in [1.54, 1.807) is 12.3 Å². The van der Waals surface area contributed by atoms with Gasteiger partial charge in [-0.15, -0.1) is 0 Å². The van der Waals surface area contributed by atoms with Gasteiger partial charge in [0.1, 0.15) is 0 Å². The number of ether oxygens (including phenoxy) is 1. The van der Waals surface area contributed by atoms with Gasteiger partial charge in [-0.05, 0) is 20.8 Å². The van der Waals surface area contributed by atoms with E-state index in [2.05, 4.69) is 21.9 Å². The molecule has 4 nitrogen and oxygen atoms in total. The minimum atomic E-state index is 0.119. The molecule has 4 heteroatoms. The highest BCUT2D eigenvalue weighted by Crippen LogP contribution is 2.10. The zero-order chi connectivity index (χ0) is 11.3. The standard InChI is InChI=1S/C11H17N3O/c1-8(2)7-13-11-12-6-5-10(14-11)15-9(3)4/h5-6,9H,1,7H2,2-4H3,(H,12,13,14). The molecule has 0 saturated carbocycles. The normalized spacial score (nSPS) is 10.1. The van der Waals surface area contributed by atoms with Crippen molar-refractivity contribution in [3.63, 3.8) is 0 Å². The van der Waals surface area contributed by atoms with Crippen molar-refractivity contribution in [3.8, 4) is 5.88 Å². The topological polar surface area (TPSA) is 47.0 Å². The van der Waals surface area contributed by atoms with Crippen LogP contribution in [0.3, 0.4) is 0 Å². The Labute approximate surface area is 90.4 Å². The molecule has 0 spiro atoms. The quantitative estimate of drug-likeness (QED) is 0.752. The average Bonchev–Trinajstić information content (AvgIpc) is 2.14. The first-order valence-electron chi connectivity index (χ1n) is 4.96. The van der Waals surface area contributed by atoms with Crippen molar-refractivity contribution in [3.05, 3.63) is 24.4 Å². The van der Waals surface area contributed by atoms with Crippen molar-refractivity contribution < 1.29 is 4.74 Å². The molecule has 82 valence electrons. The van der Waals surface area contributed by atoms with E-state index in [0.29, 0.717) is 18.4 Å². The molecule has 0 aromatic carbocycles. The largest absolute Gasteiger partial charge is 0.475 e. The minimum Gasteiger partial charge on any atom is -0.475 e. The third-order valence-corrected chi connectivity index (χ3v) is 1.53. The Balaban J connectivity index is 2.61. The predicted molar refractivity (Wildman–Crippen MR) is 61.1 cm³/mol. The number of hydrogen-bond acceptors (Lipinski definition) is 4. The Kier molecular flexibility index (Phi) is 4.09. The molecule has 15 heavy (non-hydrogen) atoms. The van der Waals surface area contributed by atoms with Crippen LogP contribution in [0.2, 0.25) is 0 Å². The highest BCUT2D eigenvalue weighted by Gasteiger charge is 2.01. The zero-order valence-electron chi connectivity index (χ0n) is 9.45. The lowest BCUT2D eigenvalue weighted by molar-refractivity contribution is 0.232. The van der Waals surface area contributed by atoms with Crippen LogP contribution in [-0.2, 0) is 0 Å². The van der Waals surface area contributed by atoms with Crippen LogP contribution in [0, 0.1) is 0 Å². The molecular weight excluding hydrogens is 190 g/mol. The first kappa shape index (κ1) is 11.5. The molecule has 0 aliphatic carbocycles. The van der Waals surface area contributed by atoms with Crippen LogP contribution in [0.1, 0.15) is 20.8 Å². The molecule has 0 unspecified atom stereocenters. The van der Waals surface area contributed by atoms with Gasteiger partial charge >= 0.3 is 0 Å². The first-order chi connectivity index (χ1) is 7.08. The van der Waals surface area contributed by atoms with Crippen molar-refractivity contribution >= 4 is 5.95 Å². The Bertz CT molecular complexity index is 336. The third-order valence-electron chi connectivity index (χ3n) is 1.53. The molecule has 1 aromatic rings. The van der Waals surface area contributed by atoms with E-state index in [1.807, 2.05) is 20.8 Å². The molecule has 1 heterocycles. The van der Waals surface area contributed by atoms with Gasteiger partial charge in [-0.3, -0.25) is 0 Å². The second-order valence-electron chi connectivity index (χ2n) is 3.70. The summed E-state index contributed by atoms with van der Waals surface area (Å²) in [6.45, 7) is 10.3. The number of nitrogens with one attached hydrogen (secondary N) is 1. The van der Waals surface area contributed by atoms with Gasteiger partial charge in [-0.2, -0.15) is 4.98 Å². The van der Waals surface area contributed by atoms with Crippen LogP contribution in [-0.4, -0.2) is 22.6 Å². The SMILES string of the molecule is C=C(C)CNc1nccc(OC(C)C)n1. The average molecular weight is 207 g/mol. The summed E-state index contributed by atoms with van der Waals surface area (Å²) in [4.78, 5) is 8.27. The summed E-state index contributed by atoms with van der Waals surface area (Å²) < 4.78 is 5.45. The summed E-state index contributed by atoms with van der Waals surface area (Å²) in [7, 11) is 0. The Morgan fingerprint density at radius 2 is 2.33 bits per heavy atom. The minimum absolute atomic E-state index is 0.119. The maximum absolute atomic E-state index is 5.45. The summed E-state index contributed by atoms with van der Waals surface area (Å²) in [5.41, 5.74) is 1.04. The van der Waals surface area contributed by atoms with Crippen molar-refractivity contribution in [2.45, 2.75) is 26.9 Å². The fourth-order valence-electron chi connectivity index (χ4n) is 0.964. The van der Waals surface area contributed by atoms with Crippen LogP contribution < -0.4 is 10.1 Å². The monoisotopic (exact) mass is 207 g/mol. The molecule has 1 rings (SSSR count). The van der Waals surface area contributed by atoms with Gasteiger partial charge in [0.2, 0.25) is 11.8 Å². The van der Waals surface area contributed by atoms with Gasteiger partial charge in [-0.1, -0.05) is 12.2 Å². The molecule has 0 bridgehead atoms. The maximum Gasteiger partial charge on any atom is 0.226 e. The number of hydrogen-bond donors (Lipinski definition) is 1. The van der Waals surface area contributed by atoms with E-state index < -0.39 is 0 Å². The van der Waals surface area contributed by atoms with Gasteiger partial charge in [0.05, 0.1) is 6.10 Å². The lowest BCUT2D eigenvalue weighted by atomic mass is 10.3. The molecule has 0 fully saturated rings. The molecule has 0 aliphatic heterocycles. The Hall–Kier alpha value is -1.58. The van der Waals surface area contributed by atoms with Gasteiger partial charge < -0.3 is 10.1 Å². The number of rotatable bonds is 5. The van der Waals surface area contributed by atoms with E-state index in [9.17, 15) is 0 Å². The molecule has 1 N–H and O–H groups in total. The van der Waals surface area contributed by atoms with E-state index >= 15 is 0 Å². The highest BCUT2D eigenvalue weighted by molar-refractivity contribution is 5.29. The molecule has 0 atom stereocenters. The van der Waals surface area contributed by atoms with Gasteiger partial charge in [-0.25, -0.2) is 4.98 Å². The fraction of sp³-hybridized carbons (Fsp3) is 0.455. The summed E-state index contributed by atoms with van der Waals surface area (Å²) in [6.07, 6.45) is 1.79. The molecule has 0 aliphatic rings. The summed E-state index contributed by atoms with van der Waals surface area (Å²) >= 11 is 0. The van der Waals surface area contributed by atoms with Crippen LogP contribution in [0.5, 0.6) is 5.88 Å². The fourth-order valence-corrected chi connectivity index (χ4v) is 0.964. The molecule has 0 amide bonds. The van der Waals surface area contributed by atoms with Crippen LogP contribution >= 0.6 is 0 Å². The lowest BCUT2D eigenvalue weighted by Gasteiger charge is -2.09. The summed E-state index contributed by atoms with van der Waals surface area (Å²) in [5, 5.41) is 3.06. The number of nitrogens with zero attached hydrogens (tertiary/aromatic N) is 2. The maximum atomic E-state index is 5.45. The molecule has 0 radical (unpaired) electrons. The number of aromatic nitrogens is 2. The van der Waals surface area contributed by atoms with Crippen molar-refractivity contribution in [1.29, 1.82) is 0 Å². The van der Waals surface area contributed by atoms with Gasteiger partial charge in [0.15, 0.2) is 0 Å². The first-order valence-corrected chi connectivity index (χ1v) is 4.96. The number of anilines is 1. The second-order valence-corrected chi connectivity index (χ2v) is 3.70. The Morgan fingerprint density at radius 3 is 2.93 bits per heavy atom. The third kappa shape index (κ3) is 4.44. The predicted octanol–water partition coefficient (Wildman–Crippen LogP) is 2.25. The summed E-state index contributed by atoms with van der Waals surface area (Å²) in [5.74, 6) is 1.15. The highest BCUT2D eigenvalue weighted by atomic mass is 16.5. The Morgan fingerprint density at radius 1 is 1.60 bits per heavy atom. The van der Waals surface area contributed by atoms with Crippen molar-refractivity contribution in [2.75, 3.05) is 11.9 Å². The smallest absolute Gasteiger partial charge is 0.226 e. The lowest BCUT2D eigenvalue weighted by Crippen LogP contribution is -2.10. The van der Waals surface area contributed by atoms with Crippen molar-refractivity contribution in [2.24, 2.45) is 0 Å². The van der Waals surface area contributed by atoms with E-state index in [4.69, 9.17) is 4.74 Å². The second kappa shape index (κ2) is 5.34. The van der Waals surface area contributed by atoms with Gasteiger partial charge in [0, 0.05) is 18.8 Å². The molecular formula is C11H17N3O. The van der Waals surface area contributed by atoms with Gasteiger partial charge in [0.25, 0.3) is 0 Å². The van der Waals surface area contributed by atoms with E-state index in [0.717, 1.165) is 5.57 Å². The van der Waals surface area contributed by atoms with Crippen molar-refractivity contribution in [1.82, 2.24) is 9.97 Å². The molecule has 0 saturated heterocycles. The van der Waals surface area contributed by atoms with Crippen LogP contribution in [0.15, 0.2) is 24.4 Å². The van der Waals surface area contributed by atoms with E-state index in [-0.39, 0.29) is 6.10 Å². The summed E-state index contributed by atoms with van der Waals surface area (Å²) in [6, 6.07) is 1.74. The van der Waals surface area contributed by atoms with Crippen LogP contribution in [0.4, 0.5) is 5.95 Å². The van der Waals surface area contributed by atoms with E-state index in [1.165, 1.54) is 0 Å². The zero-order valence-corrected chi connectivity index (χ0v) is 9.45. The molecule has 1 aromatic heterocycles. The van der Waals surface area contributed by atoms with Crippen LogP contribution in [0.25, 0.3) is 0 Å².